The van der Waals surface area contributed by atoms with Gasteiger partial charge in [0.25, 0.3) is 0 Å². The molecule has 0 saturated heterocycles. The number of benzene rings is 1. The van der Waals surface area contributed by atoms with E-state index >= 15 is 0 Å². The summed E-state index contributed by atoms with van der Waals surface area (Å²) in [5.41, 5.74) is 5.12. The molecule has 0 aliphatic heterocycles. The number of nitrogens with two attached hydrogens (primary N) is 1. The minimum atomic E-state index is 0.280. The number of hydrogen-bond acceptors (Lipinski definition) is 4. The lowest BCUT2D eigenvalue weighted by molar-refractivity contribution is 0.463. The molecule has 104 valence electrons. The molecule has 0 unspecified atom stereocenters. The Morgan fingerprint density at radius 1 is 1.10 bits per heavy atom. The molecule has 0 bridgehead atoms. The molecule has 0 saturated carbocycles. The number of ether oxygens (including phenoxy) is 1. The molecule has 0 atom stereocenters. The highest BCUT2D eigenvalue weighted by atomic mass is 35.5. The Bertz CT molecular complexity index is 661. The van der Waals surface area contributed by atoms with Gasteiger partial charge in [0.1, 0.15) is 10.8 Å². The molecule has 1 aliphatic rings. The van der Waals surface area contributed by atoms with Crippen LogP contribution in [-0.2, 0) is 12.8 Å². The number of fused-ring (bicyclic) bond motifs is 1. The van der Waals surface area contributed by atoms with Gasteiger partial charge in [-0.25, -0.2) is 5.84 Å². The van der Waals surface area contributed by atoms with Crippen molar-refractivity contribution in [2.24, 2.45) is 5.84 Å². The Morgan fingerprint density at radius 3 is 2.70 bits per heavy atom. The van der Waals surface area contributed by atoms with E-state index in [0.717, 1.165) is 12.8 Å². The van der Waals surface area contributed by atoms with Gasteiger partial charge in [0.05, 0.1) is 5.02 Å². The van der Waals surface area contributed by atoms with E-state index < -0.39 is 0 Å². The Kier molecular flexibility index (Phi) is 3.70. The number of hydrazine groups is 1. The van der Waals surface area contributed by atoms with E-state index in [-0.39, 0.29) is 5.88 Å². The van der Waals surface area contributed by atoms with Gasteiger partial charge in [-0.1, -0.05) is 29.3 Å². The Labute approximate surface area is 126 Å². The highest BCUT2D eigenvalue weighted by Gasteiger charge is 2.14. The van der Waals surface area contributed by atoms with E-state index in [9.17, 15) is 0 Å². The average molecular weight is 310 g/mol. The molecular weight excluding hydrogens is 297 g/mol. The standard InChI is InChI=1S/C14H13Cl2N3O/c15-11-7-12(16)14(18-13(11)19-17)20-10-5-4-8-2-1-3-9(8)6-10/h4-7H,1-3,17H2,(H,18,19). The third-order valence-corrected chi connectivity index (χ3v) is 3.88. The molecule has 2 aromatic rings. The van der Waals surface area contributed by atoms with Crippen molar-refractivity contribution < 1.29 is 4.74 Å². The second kappa shape index (κ2) is 5.48. The van der Waals surface area contributed by atoms with Crippen LogP contribution in [0.25, 0.3) is 0 Å². The lowest BCUT2D eigenvalue weighted by Crippen LogP contribution is -2.09. The minimum Gasteiger partial charge on any atom is -0.437 e. The normalized spacial score (nSPS) is 13.2. The topological polar surface area (TPSA) is 60.2 Å². The number of aromatic nitrogens is 1. The van der Waals surface area contributed by atoms with Crippen molar-refractivity contribution >= 4 is 29.0 Å². The second-order valence-corrected chi connectivity index (χ2v) is 5.45. The first kappa shape index (κ1) is 13.5. The van der Waals surface area contributed by atoms with Crippen molar-refractivity contribution in [1.29, 1.82) is 0 Å². The van der Waals surface area contributed by atoms with Crippen LogP contribution in [0.5, 0.6) is 11.6 Å². The van der Waals surface area contributed by atoms with Crippen LogP contribution < -0.4 is 16.0 Å². The Balaban J connectivity index is 1.91. The minimum absolute atomic E-state index is 0.280. The molecule has 1 heterocycles. The lowest BCUT2D eigenvalue weighted by Gasteiger charge is -2.10. The fourth-order valence-corrected chi connectivity index (χ4v) is 2.80. The van der Waals surface area contributed by atoms with Crippen molar-refractivity contribution in [2.75, 3.05) is 5.43 Å². The fourth-order valence-electron chi connectivity index (χ4n) is 2.35. The summed E-state index contributed by atoms with van der Waals surface area (Å²) in [5, 5.41) is 0.688. The number of nitrogens with zero attached hydrogens (tertiary/aromatic N) is 1. The molecule has 3 rings (SSSR count). The smallest absolute Gasteiger partial charge is 0.240 e. The first-order valence-corrected chi connectivity index (χ1v) is 7.05. The number of halogens is 2. The number of nitrogen functional groups attached to an aromatic ring is 1. The number of rotatable bonds is 3. The third-order valence-electron chi connectivity index (χ3n) is 3.32. The van der Waals surface area contributed by atoms with Crippen LogP contribution in [0.15, 0.2) is 24.3 Å². The summed E-state index contributed by atoms with van der Waals surface area (Å²) >= 11 is 12.0. The zero-order chi connectivity index (χ0) is 14.1. The highest BCUT2D eigenvalue weighted by molar-refractivity contribution is 6.36. The number of aryl methyl sites for hydroxylation is 2. The SMILES string of the molecule is NNc1nc(Oc2ccc3c(c2)CCC3)c(Cl)cc1Cl. The van der Waals surface area contributed by atoms with E-state index in [1.54, 1.807) is 6.07 Å². The lowest BCUT2D eigenvalue weighted by atomic mass is 10.1. The molecule has 0 radical (unpaired) electrons. The maximum absolute atomic E-state index is 6.09. The van der Waals surface area contributed by atoms with E-state index in [4.69, 9.17) is 33.8 Å². The van der Waals surface area contributed by atoms with Crippen molar-refractivity contribution in [2.45, 2.75) is 19.3 Å². The molecule has 20 heavy (non-hydrogen) atoms. The molecular formula is C14H13Cl2N3O. The quantitative estimate of drug-likeness (QED) is 0.665. The van der Waals surface area contributed by atoms with Crippen LogP contribution in [-0.4, -0.2) is 4.98 Å². The summed E-state index contributed by atoms with van der Waals surface area (Å²) < 4.78 is 5.73. The second-order valence-electron chi connectivity index (χ2n) is 4.64. The molecule has 1 aromatic heterocycles. The van der Waals surface area contributed by atoms with Gasteiger partial charge < -0.3 is 10.2 Å². The van der Waals surface area contributed by atoms with Crippen LogP contribution in [0.3, 0.4) is 0 Å². The van der Waals surface area contributed by atoms with Gasteiger partial charge in [-0.05, 0) is 48.6 Å². The number of nitrogens with one attached hydrogen (secondary N) is 1. The van der Waals surface area contributed by atoms with E-state index in [0.29, 0.717) is 21.6 Å². The number of pyridine rings is 1. The first-order chi connectivity index (χ1) is 9.67. The van der Waals surface area contributed by atoms with Crippen molar-refractivity contribution in [3.63, 3.8) is 0 Å². The Hall–Kier alpha value is -1.49. The van der Waals surface area contributed by atoms with Crippen molar-refractivity contribution in [3.8, 4) is 11.6 Å². The van der Waals surface area contributed by atoms with Crippen molar-refractivity contribution in [1.82, 2.24) is 4.98 Å². The molecule has 3 N–H and O–H groups in total. The summed E-state index contributed by atoms with van der Waals surface area (Å²) in [6.45, 7) is 0. The van der Waals surface area contributed by atoms with E-state index in [1.165, 1.54) is 17.5 Å². The van der Waals surface area contributed by atoms with Gasteiger partial charge in [0.2, 0.25) is 5.88 Å². The molecule has 0 spiro atoms. The van der Waals surface area contributed by atoms with Gasteiger partial charge in [-0.15, -0.1) is 0 Å². The maximum atomic E-state index is 6.09. The third kappa shape index (κ3) is 2.54. The summed E-state index contributed by atoms with van der Waals surface area (Å²) in [6.07, 6.45) is 3.42. The predicted molar refractivity (Wildman–Crippen MR) is 80.6 cm³/mol. The van der Waals surface area contributed by atoms with Crippen LogP contribution in [0.1, 0.15) is 17.5 Å². The summed E-state index contributed by atoms with van der Waals surface area (Å²) in [4.78, 5) is 4.16. The monoisotopic (exact) mass is 309 g/mol. The van der Waals surface area contributed by atoms with E-state index in [1.807, 2.05) is 12.1 Å². The van der Waals surface area contributed by atoms with Gasteiger partial charge in [0.15, 0.2) is 5.82 Å². The largest absolute Gasteiger partial charge is 0.437 e. The van der Waals surface area contributed by atoms with Gasteiger partial charge in [-0.3, -0.25) is 0 Å². The predicted octanol–water partition coefficient (Wildman–Crippen LogP) is 3.96. The number of anilines is 1. The summed E-state index contributed by atoms with van der Waals surface area (Å²) in [5.74, 6) is 6.66. The average Bonchev–Trinajstić information content (AvgIpc) is 2.89. The fraction of sp³-hybridized carbons (Fsp3) is 0.214. The molecule has 1 aliphatic carbocycles. The van der Waals surface area contributed by atoms with Crippen LogP contribution in [0, 0.1) is 0 Å². The number of hydrogen-bond donors (Lipinski definition) is 2. The van der Waals surface area contributed by atoms with Gasteiger partial charge in [0, 0.05) is 0 Å². The molecule has 6 heteroatoms. The summed E-state index contributed by atoms with van der Waals surface area (Å²) in [7, 11) is 0. The Morgan fingerprint density at radius 2 is 1.90 bits per heavy atom. The maximum Gasteiger partial charge on any atom is 0.240 e. The van der Waals surface area contributed by atoms with Gasteiger partial charge in [-0.2, -0.15) is 4.98 Å². The summed E-state index contributed by atoms with van der Waals surface area (Å²) in [6, 6.07) is 7.59. The molecule has 4 nitrogen and oxygen atoms in total. The molecule has 1 aromatic carbocycles. The van der Waals surface area contributed by atoms with Crippen molar-refractivity contribution in [3.05, 3.63) is 45.4 Å². The van der Waals surface area contributed by atoms with Crippen LogP contribution in [0.4, 0.5) is 5.82 Å². The zero-order valence-electron chi connectivity index (χ0n) is 10.6. The molecule has 0 fully saturated rings. The highest BCUT2D eigenvalue weighted by Crippen LogP contribution is 2.34. The van der Waals surface area contributed by atoms with Crippen LogP contribution in [0.2, 0.25) is 10.0 Å². The molecule has 0 amide bonds. The zero-order valence-corrected chi connectivity index (χ0v) is 12.1. The first-order valence-electron chi connectivity index (χ1n) is 6.29. The van der Waals surface area contributed by atoms with Crippen LogP contribution >= 0.6 is 23.2 Å². The van der Waals surface area contributed by atoms with E-state index in [2.05, 4.69) is 16.5 Å². The van der Waals surface area contributed by atoms with Gasteiger partial charge >= 0.3 is 0 Å².